The lowest BCUT2D eigenvalue weighted by molar-refractivity contribution is -0.139. The van der Waals surface area contributed by atoms with E-state index < -0.39 is 42.4 Å². The van der Waals surface area contributed by atoms with E-state index >= 15 is 0 Å². The van der Waals surface area contributed by atoms with Crippen molar-refractivity contribution in [3.63, 3.8) is 0 Å². The molecule has 0 radical (unpaired) electrons. The van der Waals surface area contributed by atoms with Gasteiger partial charge >= 0.3 is 11.9 Å². The number of likely N-dealkylation sites (N-methyl/N-ethyl adjacent to an activating group) is 1. The molecule has 0 bridgehead atoms. The number of amides is 2. The molecule has 9 N–H and O–H groups in total. The average molecular weight is 487 g/mol. The molecule has 12 nitrogen and oxygen atoms in total. The Morgan fingerprint density at radius 1 is 1.15 bits per heavy atom. The number of carbonyl (C=O) groups excluding carboxylic acids is 2. The van der Waals surface area contributed by atoms with Gasteiger partial charge in [0.25, 0.3) is 0 Å². The molecule has 0 aliphatic carbocycles. The molecule has 1 aromatic carbocycles. The number of aliphatic carboxylic acids is 2. The minimum absolute atomic E-state index is 0.0952. The van der Waals surface area contributed by atoms with Gasteiger partial charge < -0.3 is 42.1 Å². The Hall–Kier alpha value is -3.03. The third-order valence-corrected chi connectivity index (χ3v) is 5.74. The van der Waals surface area contributed by atoms with Gasteiger partial charge in [-0.3, -0.25) is 19.2 Å². The third kappa shape index (κ3) is 9.97. The fourth-order valence-corrected chi connectivity index (χ4v) is 3.71. The molecule has 33 heavy (non-hydrogen) atoms. The zero-order valence-corrected chi connectivity index (χ0v) is 19.1. The van der Waals surface area contributed by atoms with Crippen molar-refractivity contribution in [2.45, 2.75) is 49.2 Å². The lowest BCUT2D eigenvalue weighted by Gasteiger charge is -2.19. The first-order valence-electron chi connectivity index (χ1n) is 10.1. The van der Waals surface area contributed by atoms with Gasteiger partial charge in [0.05, 0.1) is 4.90 Å². The Labute approximate surface area is 194 Å². The first kappa shape index (κ1) is 28.0. The van der Waals surface area contributed by atoms with Crippen molar-refractivity contribution >= 4 is 35.5 Å². The fraction of sp³-hybridized carbons (Fsp3) is 0.500. The van der Waals surface area contributed by atoms with Crippen LogP contribution in [0.2, 0.25) is 0 Å². The number of phenols is 2. The minimum atomic E-state index is -1.28. The van der Waals surface area contributed by atoms with Crippen LogP contribution in [0.15, 0.2) is 17.0 Å². The maximum Gasteiger partial charge on any atom is 0.322 e. The molecule has 0 saturated heterocycles. The summed E-state index contributed by atoms with van der Waals surface area (Å²) in [7, 11) is 1.78. The molecule has 184 valence electrons. The maximum absolute atomic E-state index is 12.4. The summed E-state index contributed by atoms with van der Waals surface area (Å²) in [5.74, 6) is -4.78. The van der Waals surface area contributed by atoms with Gasteiger partial charge in [0.2, 0.25) is 11.8 Å². The van der Waals surface area contributed by atoms with E-state index in [1.807, 2.05) is 6.92 Å². The van der Waals surface area contributed by atoms with Gasteiger partial charge in [-0.15, -0.1) is 11.8 Å². The normalized spacial score (nSPS) is 13.5. The van der Waals surface area contributed by atoms with Gasteiger partial charge in [-0.25, -0.2) is 0 Å². The van der Waals surface area contributed by atoms with E-state index in [1.165, 1.54) is 6.07 Å². The molecule has 0 unspecified atom stereocenters. The summed E-state index contributed by atoms with van der Waals surface area (Å²) in [5, 5.41) is 45.5. The molecule has 2 amide bonds. The van der Waals surface area contributed by atoms with Crippen LogP contribution in [0.25, 0.3) is 0 Å². The SMILES string of the molecule is CN[C@@H](C)Cc1cc(O)c(O)c(SC[C@H](NC(=O)CC[C@H](N)C(=O)O)C(=O)NCC(=O)O)c1. The average Bonchev–Trinajstić information content (AvgIpc) is 2.75. The second-order valence-electron chi connectivity index (χ2n) is 7.38. The standard InChI is InChI=1S/C20H30N4O8S/c1-10(22-2)5-11-6-14(25)18(29)15(7-11)33-9-13(19(30)23-8-17(27)28)24-16(26)4-3-12(21)20(31)32/h6-7,10,12-13,22,25,29H,3-5,8-9,21H2,1-2H3,(H,23,30)(H,24,26)(H,27,28)(H,31,32)/t10-,12-,13-/m0/s1. The summed E-state index contributed by atoms with van der Waals surface area (Å²) in [6.45, 7) is 1.27. The summed E-state index contributed by atoms with van der Waals surface area (Å²) < 4.78 is 0. The van der Waals surface area contributed by atoms with Gasteiger partial charge in [-0.1, -0.05) is 0 Å². The lowest BCUT2D eigenvalue weighted by Crippen LogP contribution is -2.49. The molecule has 0 aliphatic heterocycles. The Bertz CT molecular complexity index is 867. The van der Waals surface area contributed by atoms with Crippen LogP contribution >= 0.6 is 11.8 Å². The minimum Gasteiger partial charge on any atom is -0.504 e. The quantitative estimate of drug-likeness (QED) is 0.121. The molecular formula is C20H30N4O8S. The topological polar surface area (TPSA) is 211 Å². The zero-order chi connectivity index (χ0) is 25.1. The van der Waals surface area contributed by atoms with E-state index in [0.29, 0.717) is 6.42 Å². The van der Waals surface area contributed by atoms with Crippen molar-refractivity contribution in [1.29, 1.82) is 0 Å². The van der Waals surface area contributed by atoms with Crippen LogP contribution < -0.4 is 21.7 Å². The Balaban J connectivity index is 2.94. The molecule has 1 aromatic rings. The highest BCUT2D eigenvalue weighted by atomic mass is 32.2. The highest BCUT2D eigenvalue weighted by molar-refractivity contribution is 7.99. The van der Waals surface area contributed by atoms with Crippen molar-refractivity contribution in [1.82, 2.24) is 16.0 Å². The van der Waals surface area contributed by atoms with Crippen LogP contribution in [0.1, 0.15) is 25.3 Å². The number of carboxylic acids is 2. The lowest BCUT2D eigenvalue weighted by atomic mass is 10.1. The van der Waals surface area contributed by atoms with Crippen LogP contribution in [0, 0.1) is 0 Å². The molecule has 3 atom stereocenters. The van der Waals surface area contributed by atoms with Crippen molar-refractivity contribution in [2.24, 2.45) is 5.73 Å². The molecule has 0 aliphatic rings. The van der Waals surface area contributed by atoms with Crippen LogP contribution in [0.3, 0.4) is 0 Å². The second kappa shape index (κ2) is 13.5. The summed E-state index contributed by atoms with van der Waals surface area (Å²) in [6.07, 6.45) is 0.142. The number of aromatic hydroxyl groups is 2. The highest BCUT2D eigenvalue weighted by Crippen LogP contribution is 2.37. The number of carbonyl (C=O) groups is 4. The number of carboxylic acid groups (broad SMARTS) is 2. The summed E-state index contributed by atoms with van der Waals surface area (Å²) in [6, 6.07) is 0.736. The van der Waals surface area contributed by atoms with Gasteiger partial charge in [0.1, 0.15) is 18.6 Å². The number of hydrogen-bond acceptors (Lipinski definition) is 9. The molecule has 13 heteroatoms. The summed E-state index contributed by atoms with van der Waals surface area (Å²) in [5.41, 5.74) is 6.11. The number of benzene rings is 1. The number of nitrogens with one attached hydrogen (secondary N) is 3. The monoisotopic (exact) mass is 486 g/mol. The first-order valence-corrected chi connectivity index (χ1v) is 11.0. The fourth-order valence-electron chi connectivity index (χ4n) is 2.65. The second-order valence-corrected chi connectivity index (χ2v) is 8.44. The van der Waals surface area contributed by atoms with E-state index in [0.717, 1.165) is 17.3 Å². The molecule has 0 saturated carbocycles. The predicted molar refractivity (Wildman–Crippen MR) is 120 cm³/mol. The van der Waals surface area contributed by atoms with Crippen LogP contribution in [-0.2, 0) is 25.6 Å². The zero-order valence-electron chi connectivity index (χ0n) is 18.3. The van der Waals surface area contributed by atoms with Crippen molar-refractivity contribution in [3.05, 3.63) is 17.7 Å². The molecular weight excluding hydrogens is 456 g/mol. The van der Waals surface area contributed by atoms with Crippen molar-refractivity contribution < 1.29 is 39.6 Å². The van der Waals surface area contributed by atoms with Gasteiger partial charge in [-0.2, -0.15) is 0 Å². The summed E-state index contributed by atoms with van der Waals surface area (Å²) >= 11 is 0.980. The number of rotatable bonds is 14. The molecule has 0 spiro atoms. The van der Waals surface area contributed by atoms with Crippen LogP contribution in [0.5, 0.6) is 11.5 Å². The largest absolute Gasteiger partial charge is 0.504 e. The number of phenolic OH excluding ortho intramolecular Hbond substituents is 2. The van der Waals surface area contributed by atoms with Crippen LogP contribution in [0.4, 0.5) is 0 Å². The van der Waals surface area contributed by atoms with Crippen molar-refractivity contribution in [3.8, 4) is 11.5 Å². The van der Waals surface area contributed by atoms with E-state index in [2.05, 4.69) is 16.0 Å². The van der Waals surface area contributed by atoms with E-state index in [4.69, 9.17) is 15.9 Å². The third-order valence-electron chi connectivity index (χ3n) is 4.62. The number of thioether (sulfide) groups is 1. The van der Waals surface area contributed by atoms with Gasteiger partial charge in [-0.05, 0) is 44.5 Å². The predicted octanol–water partition coefficient (Wildman–Crippen LogP) is -0.782. The van der Waals surface area contributed by atoms with Gasteiger partial charge in [0, 0.05) is 18.2 Å². The van der Waals surface area contributed by atoms with E-state index in [1.54, 1.807) is 13.1 Å². The van der Waals surface area contributed by atoms with Crippen molar-refractivity contribution in [2.75, 3.05) is 19.3 Å². The maximum atomic E-state index is 12.4. The first-order chi connectivity index (χ1) is 15.4. The Morgan fingerprint density at radius 3 is 2.39 bits per heavy atom. The van der Waals surface area contributed by atoms with Gasteiger partial charge in [0.15, 0.2) is 11.5 Å². The Kier molecular flexibility index (Phi) is 11.5. The van der Waals surface area contributed by atoms with E-state index in [-0.39, 0.29) is 41.0 Å². The molecule has 1 rings (SSSR count). The molecule has 0 aromatic heterocycles. The smallest absolute Gasteiger partial charge is 0.322 e. The van der Waals surface area contributed by atoms with E-state index in [9.17, 15) is 29.4 Å². The Morgan fingerprint density at radius 2 is 1.82 bits per heavy atom. The molecule has 0 fully saturated rings. The highest BCUT2D eigenvalue weighted by Gasteiger charge is 2.24. The number of hydrogen-bond donors (Lipinski definition) is 8. The number of nitrogens with two attached hydrogens (primary N) is 1. The molecule has 0 heterocycles. The van der Waals surface area contributed by atoms with Crippen LogP contribution in [-0.4, -0.2) is 81.6 Å². The summed E-state index contributed by atoms with van der Waals surface area (Å²) in [4.78, 5) is 46.4.